The summed E-state index contributed by atoms with van der Waals surface area (Å²) in [7, 11) is 0. The molecule has 162 valence electrons. The normalized spacial score (nSPS) is 15.9. The van der Waals surface area contributed by atoms with Gasteiger partial charge in [0.1, 0.15) is 11.6 Å². The molecule has 0 radical (unpaired) electrons. The molecule has 2 heterocycles. The Bertz CT molecular complexity index is 912. The van der Waals surface area contributed by atoms with Gasteiger partial charge in [0.25, 0.3) is 0 Å². The number of aromatic nitrogens is 3. The van der Waals surface area contributed by atoms with Crippen LogP contribution in [0.15, 0.2) is 24.3 Å². The molecule has 1 aliphatic rings. The Morgan fingerprint density at radius 1 is 1.20 bits per heavy atom. The van der Waals surface area contributed by atoms with Crippen molar-refractivity contribution in [2.24, 2.45) is 5.92 Å². The number of nitrogens with zero attached hydrogens (tertiary/aromatic N) is 4. The zero-order valence-corrected chi connectivity index (χ0v) is 18.3. The highest BCUT2D eigenvalue weighted by Gasteiger charge is 2.19. The van der Waals surface area contributed by atoms with E-state index in [0.717, 1.165) is 38.3 Å². The number of H-pyrrole nitrogens is 1. The van der Waals surface area contributed by atoms with Gasteiger partial charge in [-0.1, -0.05) is 32.1 Å². The first-order valence-corrected chi connectivity index (χ1v) is 10.6. The highest BCUT2D eigenvalue weighted by molar-refractivity contribution is 7.71. The van der Waals surface area contributed by atoms with Crippen LogP contribution in [0.1, 0.15) is 25.2 Å². The molecule has 1 aromatic heterocycles. The van der Waals surface area contributed by atoms with E-state index in [4.69, 9.17) is 12.2 Å². The van der Waals surface area contributed by atoms with Crippen molar-refractivity contribution >= 4 is 30.3 Å². The molecule has 1 saturated heterocycles. The summed E-state index contributed by atoms with van der Waals surface area (Å²) in [5.74, 6) is 0.947. The Kier molecular flexibility index (Phi) is 7.89. The van der Waals surface area contributed by atoms with Crippen LogP contribution in [0.4, 0.5) is 4.39 Å². The van der Waals surface area contributed by atoms with Gasteiger partial charge in [-0.15, -0.1) is 0 Å². The second-order valence-electron chi connectivity index (χ2n) is 7.94. The Morgan fingerprint density at radius 3 is 2.53 bits per heavy atom. The van der Waals surface area contributed by atoms with Crippen molar-refractivity contribution in [3.8, 4) is 0 Å². The van der Waals surface area contributed by atoms with Gasteiger partial charge in [-0.3, -0.25) is 19.7 Å². The fraction of sp³-hybridized carbons (Fsp3) is 0.476. The number of hydrogen-bond donors (Lipinski definition) is 2. The molecular formula is C21H29FN6OS. The van der Waals surface area contributed by atoms with E-state index in [0.29, 0.717) is 29.7 Å². The van der Waals surface area contributed by atoms with Crippen molar-refractivity contribution < 1.29 is 9.18 Å². The summed E-state index contributed by atoms with van der Waals surface area (Å²) in [6.07, 6.45) is 3.69. The molecule has 2 aromatic rings. The quantitative estimate of drug-likeness (QED) is 0.628. The highest BCUT2D eigenvalue weighted by Crippen LogP contribution is 2.08. The number of benzene rings is 1. The Labute approximate surface area is 181 Å². The van der Waals surface area contributed by atoms with E-state index in [1.165, 1.54) is 12.1 Å². The lowest BCUT2D eigenvalue weighted by Gasteiger charge is -2.34. The summed E-state index contributed by atoms with van der Waals surface area (Å²) in [4.78, 5) is 20.8. The number of amides is 1. The van der Waals surface area contributed by atoms with Gasteiger partial charge in [-0.05, 0) is 41.9 Å². The molecule has 0 atom stereocenters. The van der Waals surface area contributed by atoms with Crippen LogP contribution in [0.3, 0.4) is 0 Å². The first-order valence-electron chi connectivity index (χ1n) is 10.2. The van der Waals surface area contributed by atoms with Crippen molar-refractivity contribution in [3.05, 3.63) is 46.2 Å². The number of halogens is 1. The fourth-order valence-electron chi connectivity index (χ4n) is 3.16. The average molecular weight is 433 g/mol. The third kappa shape index (κ3) is 6.86. The van der Waals surface area contributed by atoms with Crippen molar-refractivity contribution in [2.75, 3.05) is 39.3 Å². The number of nitrogens with one attached hydrogen (secondary N) is 2. The molecule has 0 saturated carbocycles. The van der Waals surface area contributed by atoms with E-state index in [-0.39, 0.29) is 11.7 Å². The molecule has 0 aliphatic carbocycles. The van der Waals surface area contributed by atoms with Gasteiger partial charge in [0, 0.05) is 32.7 Å². The molecule has 1 fully saturated rings. The molecule has 0 spiro atoms. The summed E-state index contributed by atoms with van der Waals surface area (Å²) < 4.78 is 15.3. The van der Waals surface area contributed by atoms with E-state index >= 15 is 0 Å². The lowest BCUT2D eigenvalue weighted by Crippen LogP contribution is -2.50. The lowest BCUT2D eigenvalue weighted by atomic mass is 10.2. The van der Waals surface area contributed by atoms with Crippen molar-refractivity contribution in [2.45, 2.75) is 20.5 Å². The molecule has 3 rings (SSSR count). The average Bonchev–Trinajstić information content (AvgIpc) is 3.07. The molecule has 0 bridgehead atoms. The maximum Gasteiger partial charge on any atom is 0.234 e. The standard InChI is InChI=1S/C21H29FN6OS/c1-16(2)13-23-20(29)14-26-9-11-27(12-10-26)15-28-21(30)24-19(25-28)8-5-17-3-6-18(22)7-4-17/h3-8,16H,9-15H2,1-2H3,(H,23,29)(H,24,25,30)/b8-5+. The number of carbonyl (C=O) groups is 1. The van der Waals surface area contributed by atoms with Crippen LogP contribution in [0.2, 0.25) is 0 Å². The predicted octanol–water partition coefficient (Wildman–Crippen LogP) is 2.60. The van der Waals surface area contributed by atoms with Crippen LogP contribution >= 0.6 is 12.2 Å². The Balaban J connectivity index is 1.48. The lowest BCUT2D eigenvalue weighted by molar-refractivity contribution is -0.122. The summed E-state index contributed by atoms with van der Waals surface area (Å²) in [6.45, 7) is 9.37. The van der Waals surface area contributed by atoms with Crippen LogP contribution < -0.4 is 5.32 Å². The van der Waals surface area contributed by atoms with Gasteiger partial charge in [0.05, 0.1) is 13.2 Å². The molecular weight excluding hydrogens is 403 g/mol. The Hall–Kier alpha value is -2.36. The Morgan fingerprint density at radius 2 is 1.87 bits per heavy atom. The molecule has 9 heteroatoms. The summed E-state index contributed by atoms with van der Waals surface area (Å²) in [5, 5.41) is 6.17. The minimum atomic E-state index is -0.257. The van der Waals surface area contributed by atoms with Crippen molar-refractivity contribution in [1.29, 1.82) is 0 Å². The number of aromatic amines is 1. The molecule has 1 aliphatic heterocycles. The van der Waals surface area contributed by atoms with Gasteiger partial charge in [0.2, 0.25) is 10.7 Å². The van der Waals surface area contributed by atoms with Gasteiger partial charge < -0.3 is 5.32 Å². The molecule has 2 N–H and O–H groups in total. The maximum absolute atomic E-state index is 13.0. The minimum absolute atomic E-state index is 0.0884. The first-order chi connectivity index (χ1) is 14.4. The smallest absolute Gasteiger partial charge is 0.234 e. The molecule has 7 nitrogen and oxygen atoms in total. The van der Waals surface area contributed by atoms with E-state index in [1.54, 1.807) is 12.1 Å². The second kappa shape index (κ2) is 10.6. The largest absolute Gasteiger partial charge is 0.355 e. The van der Waals surface area contributed by atoms with Crippen molar-refractivity contribution in [1.82, 2.24) is 29.9 Å². The van der Waals surface area contributed by atoms with E-state index < -0.39 is 0 Å². The topological polar surface area (TPSA) is 69.2 Å². The molecule has 1 aromatic carbocycles. The predicted molar refractivity (Wildman–Crippen MR) is 119 cm³/mol. The third-order valence-electron chi connectivity index (χ3n) is 4.88. The number of piperazine rings is 1. The maximum atomic E-state index is 13.0. The number of carbonyl (C=O) groups excluding carboxylic acids is 1. The van der Waals surface area contributed by atoms with Crippen LogP contribution in [-0.2, 0) is 11.5 Å². The van der Waals surface area contributed by atoms with Crippen LogP contribution in [0.25, 0.3) is 12.2 Å². The monoisotopic (exact) mass is 432 g/mol. The van der Waals surface area contributed by atoms with E-state index in [1.807, 2.05) is 16.8 Å². The fourth-order valence-corrected chi connectivity index (χ4v) is 3.36. The van der Waals surface area contributed by atoms with Gasteiger partial charge >= 0.3 is 0 Å². The first kappa shape index (κ1) is 22.3. The third-order valence-corrected chi connectivity index (χ3v) is 5.19. The molecule has 0 unspecified atom stereocenters. The molecule has 30 heavy (non-hydrogen) atoms. The summed E-state index contributed by atoms with van der Waals surface area (Å²) in [5.41, 5.74) is 0.888. The number of hydrogen-bond acceptors (Lipinski definition) is 5. The van der Waals surface area contributed by atoms with Gasteiger partial charge in [-0.2, -0.15) is 4.98 Å². The number of rotatable bonds is 8. The minimum Gasteiger partial charge on any atom is -0.355 e. The van der Waals surface area contributed by atoms with Crippen LogP contribution in [0, 0.1) is 16.5 Å². The van der Waals surface area contributed by atoms with Crippen molar-refractivity contribution in [3.63, 3.8) is 0 Å². The van der Waals surface area contributed by atoms with Crippen LogP contribution in [-0.4, -0.2) is 69.7 Å². The highest BCUT2D eigenvalue weighted by atomic mass is 32.1. The zero-order valence-electron chi connectivity index (χ0n) is 17.5. The van der Waals surface area contributed by atoms with Gasteiger partial charge in [0.15, 0.2) is 0 Å². The summed E-state index contributed by atoms with van der Waals surface area (Å²) in [6, 6.07) is 6.27. The molecule has 1 amide bonds. The zero-order chi connectivity index (χ0) is 21.5. The van der Waals surface area contributed by atoms with Gasteiger partial charge in [-0.25, -0.2) is 9.07 Å². The SMILES string of the molecule is CC(C)CNC(=O)CN1CCN(Cn2[nH]c(/C=C/c3ccc(F)cc3)nc2=S)CC1. The van der Waals surface area contributed by atoms with E-state index in [2.05, 4.69) is 39.0 Å². The summed E-state index contributed by atoms with van der Waals surface area (Å²) >= 11 is 5.37. The van der Waals surface area contributed by atoms with Crippen LogP contribution in [0.5, 0.6) is 0 Å². The van der Waals surface area contributed by atoms with E-state index in [9.17, 15) is 9.18 Å². The second-order valence-corrected chi connectivity index (χ2v) is 8.30.